The van der Waals surface area contributed by atoms with Crippen LogP contribution in [-0.4, -0.2) is 94.1 Å². The number of likely N-dealkylation sites (N-methyl/N-ethyl adjacent to an activating group) is 3. The molecule has 7 aliphatic rings. The molecule has 0 aliphatic carbocycles. The summed E-state index contributed by atoms with van der Waals surface area (Å²) < 4.78 is 0. The molecule has 268 valence electrons. The zero-order valence-corrected chi connectivity index (χ0v) is 31.0. The third kappa shape index (κ3) is 3.53. The summed E-state index contributed by atoms with van der Waals surface area (Å²) in [6.45, 7) is 5.11. The van der Waals surface area contributed by atoms with Crippen LogP contribution in [0, 0.1) is 0 Å². The highest BCUT2D eigenvalue weighted by molar-refractivity contribution is 5.81. The van der Waals surface area contributed by atoms with E-state index in [2.05, 4.69) is 154 Å². The highest BCUT2D eigenvalue weighted by atomic mass is 15.4. The van der Waals surface area contributed by atoms with E-state index in [1.807, 2.05) is 0 Å². The van der Waals surface area contributed by atoms with Crippen molar-refractivity contribution < 1.29 is 0 Å². The van der Waals surface area contributed by atoms with E-state index in [4.69, 9.17) is 0 Å². The fourth-order valence-electron chi connectivity index (χ4n) is 13.1. The van der Waals surface area contributed by atoms with Crippen molar-refractivity contribution >= 4 is 22.7 Å². The van der Waals surface area contributed by atoms with Gasteiger partial charge in [-0.15, -0.1) is 0 Å². The number of anilines is 4. The first-order chi connectivity index (χ1) is 25.4. The van der Waals surface area contributed by atoms with Crippen LogP contribution in [0.4, 0.5) is 22.7 Å². The van der Waals surface area contributed by atoms with Crippen LogP contribution in [0.25, 0.3) is 0 Å². The second kappa shape index (κ2) is 10.8. The Morgan fingerprint density at radius 1 is 0.577 bits per heavy atom. The Morgan fingerprint density at radius 3 is 1.81 bits per heavy atom. The molecule has 0 saturated carbocycles. The molecule has 0 radical (unpaired) electrons. The Morgan fingerprint density at radius 2 is 1.12 bits per heavy atom. The van der Waals surface area contributed by atoms with Crippen molar-refractivity contribution in [1.82, 2.24) is 20.0 Å². The zero-order valence-electron chi connectivity index (χ0n) is 31.0. The topological polar surface area (TPSA) is 69.9 Å². The van der Waals surface area contributed by atoms with Crippen molar-refractivity contribution in [3.63, 3.8) is 0 Å². The van der Waals surface area contributed by atoms with Gasteiger partial charge in [-0.25, -0.2) is 0 Å². The molecule has 0 unspecified atom stereocenters. The summed E-state index contributed by atoms with van der Waals surface area (Å²) in [5, 5.41) is 20.0. The smallest absolute Gasteiger partial charge is 0.0933 e. The molecule has 8 nitrogen and oxygen atoms in total. The molecular formula is C44H52N8. The maximum Gasteiger partial charge on any atom is 0.0933 e. The molecule has 7 atom stereocenters. The Labute approximate surface area is 308 Å². The fourth-order valence-corrected chi connectivity index (χ4v) is 13.1. The molecule has 3 saturated heterocycles. The van der Waals surface area contributed by atoms with Crippen molar-refractivity contribution in [2.24, 2.45) is 0 Å². The lowest BCUT2D eigenvalue weighted by molar-refractivity contribution is 0.147. The van der Waals surface area contributed by atoms with Gasteiger partial charge in [-0.1, -0.05) is 72.8 Å². The summed E-state index contributed by atoms with van der Waals surface area (Å²) >= 11 is 0. The number of para-hydroxylation sites is 4. The van der Waals surface area contributed by atoms with E-state index in [9.17, 15) is 0 Å². The summed E-state index contributed by atoms with van der Waals surface area (Å²) in [5.74, 6) is 0. The molecule has 11 rings (SSSR count). The molecule has 52 heavy (non-hydrogen) atoms. The number of rotatable bonds is 6. The third-order valence-corrected chi connectivity index (χ3v) is 15.3. The zero-order chi connectivity index (χ0) is 35.0. The molecule has 0 spiro atoms. The Bertz CT molecular complexity index is 2120. The van der Waals surface area contributed by atoms with Gasteiger partial charge in [0.15, 0.2) is 0 Å². The number of hydrogen-bond acceptors (Lipinski definition) is 8. The van der Waals surface area contributed by atoms with Gasteiger partial charge in [0.1, 0.15) is 0 Å². The Balaban J connectivity index is 1.14. The summed E-state index contributed by atoms with van der Waals surface area (Å²) in [7, 11) is 9.10. The van der Waals surface area contributed by atoms with Crippen molar-refractivity contribution in [3.8, 4) is 0 Å². The van der Waals surface area contributed by atoms with Crippen molar-refractivity contribution in [2.45, 2.75) is 65.8 Å². The van der Waals surface area contributed by atoms with Crippen molar-refractivity contribution in [3.05, 3.63) is 118 Å². The van der Waals surface area contributed by atoms with E-state index in [0.29, 0.717) is 0 Å². The lowest BCUT2D eigenvalue weighted by Gasteiger charge is -2.48. The first kappa shape index (κ1) is 31.4. The largest absolute Gasteiger partial charge is 0.384 e. The second-order valence-electron chi connectivity index (χ2n) is 17.1. The lowest BCUT2D eigenvalue weighted by atomic mass is 9.54. The molecule has 7 aliphatic heterocycles. The molecule has 5 N–H and O–H groups in total. The van der Waals surface area contributed by atoms with Gasteiger partial charge in [0, 0.05) is 65.2 Å². The normalized spacial score (nSPS) is 35.1. The molecular weight excluding hydrogens is 641 g/mol. The number of nitrogens with zero attached hydrogens (tertiary/aromatic N) is 3. The van der Waals surface area contributed by atoms with E-state index in [-0.39, 0.29) is 40.2 Å². The number of likely N-dealkylation sites (tertiary alicyclic amines) is 3. The highest BCUT2D eigenvalue weighted by Gasteiger charge is 2.72. The lowest BCUT2D eigenvalue weighted by Crippen LogP contribution is -2.60. The highest BCUT2D eigenvalue weighted by Crippen LogP contribution is 2.69. The number of benzene rings is 4. The average Bonchev–Trinajstić information content (AvgIpc) is 4.03. The van der Waals surface area contributed by atoms with Crippen LogP contribution in [0.1, 0.15) is 59.1 Å². The van der Waals surface area contributed by atoms with Gasteiger partial charge < -0.3 is 26.6 Å². The second-order valence-corrected chi connectivity index (χ2v) is 17.1. The SMILES string of the molecule is CNCC[C@@]1(c2cccc3c2N[C@H]2N(C)CC[C@@]32[C@]23CCN(C)[C@H]2Nc2c([C@]45CCN(C)[C@H]4Nc4ccccc45)cccc23)CNc2ccccc21. The molecule has 4 aromatic rings. The molecule has 8 heteroatoms. The van der Waals surface area contributed by atoms with Crippen LogP contribution < -0.4 is 26.6 Å². The van der Waals surface area contributed by atoms with E-state index in [0.717, 1.165) is 58.4 Å². The van der Waals surface area contributed by atoms with E-state index >= 15 is 0 Å². The number of nitrogens with one attached hydrogen (secondary N) is 5. The molecule has 0 bridgehead atoms. The maximum atomic E-state index is 4.35. The van der Waals surface area contributed by atoms with Gasteiger partial charge >= 0.3 is 0 Å². The van der Waals surface area contributed by atoms with Gasteiger partial charge in [-0.2, -0.15) is 0 Å². The molecule has 3 fully saturated rings. The number of hydrogen-bond donors (Lipinski definition) is 5. The minimum absolute atomic E-state index is 0.104. The Hall–Kier alpha value is -4.08. The standard InChI is InChI=1S/C44H52N8/c1-45-23-19-41(27-46-34-17-7-5-11-28(34)41)30-13-9-15-32-36(30)48-39-43(32,21-25-51(39)3)44-22-26-52(4)40(44)49-37-31(14-10-16-33(37)44)42-20-24-50(2)38(42)47-35-18-8-6-12-29(35)42/h5-18,38-40,45-49H,19-27H2,1-4H3/t38-,39+,40-,41-,42-,43-,44+/m1/s1. The summed E-state index contributed by atoms with van der Waals surface area (Å²) in [6.07, 6.45) is 5.07. The van der Waals surface area contributed by atoms with Gasteiger partial charge in [0.05, 0.1) is 23.9 Å². The minimum Gasteiger partial charge on any atom is -0.384 e. The maximum absolute atomic E-state index is 4.35. The average molecular weight is 693 g/mol. The number of fused-ring (bicyclic) bond motifs is 11. The third-order valence-electron chi connectivity index (χ3n) is 15.3. The first-order valence-corrected chi connectivity index (χ1v) is 19.7. The molecule has 4 aromatic carbocycles. The predicted octanol–water partition coefficient (Wildman–Crippen LogP) is 5.73. The van der Waals surface area contributed by atoms with E-state index < -0.39 is 0 Å². The molecule has 0 aromatic heterocycles. The van der Waals surface area contributed by atoms with Crippen LogP contribution >= 0.6 is 0 Å². The fraction of sp³-hybridized carbons (Fsp3) is 0.455. The summed E-state index contributed by atoms with van der Waals surface area (Å²) in [6, 6.07) is 32.8. The van der Waals surface area contributed by atoms with Crippen LogP contribution in [0.15, 0.2) is 84.9 Å². The van der Waals surface area contributed by atoms with Crippen molar-refractivity contribution in [2.75, 3.05) is 82.2 Å². The van der Waals surface area contributed by atoms with Gasteiger partial charge in [-0.3, -0.25) is 14.7 Å². The predicted molar refractivity (Wildman–Crippen MR) is 212 cm³/mol. The van der Waals surface area contributed by atoms with Crippen LogP contribution in [0.3, 0.4) is 0 Å². The van der Waals surface area contributed by atoms with Crippen LogP contribution in [0.5, 0.6) is 0 Å². The van der Waals surface area contributed by atoms with E-state index in [1.165, 1.54) is 56.1 Å². The van der Waals surface area contributed by atoms with Gasteiger partial charge in [0.25, 0.3) is 0 Å². The Kier molecular flexibility index (Phi) is 6.50. The molecule has 0 amide bonds. The van der Waals surface area contributed by atoms with Gasteiger partial charge in [0.2, 0.25) is 0 Å². The summed E-state index contributed by atoms with van der Waals surface area (Å²) in [5.41, 5.74) is 13.7. The van der Waals surface area contributed by atoms with Crippen molar-refractivity contribution in [1.29, 1.82) is 0 Å². The van der Waals surface area contributed by atoms with Gasteiger partial charge in [-0.05, 0) is 106 Å². The minimum atomic E-state index is -0.121. The van der Waals surface area contributed by atoms with Crippen LogP contribution in [-0.2, 0) is 21.7 Å². The summed E-state index contributed by atoms with van der Waals surface area (Å²) in [4.78, 5) is 7.81. The molecule has 7 heterocycles. The first-order valence-electron chi connectivity index (χ1n) is 19.7. The monoisotopic (exact) mass is 692 g/mol. The quantitative estimate of drug-likeness (QED) is 0.176. The van der Waals surface area contributed by atoms with E-state index in [1.54, 1.807) is 0 Å². The van der Waals surface area contributed by atoms with Crippen LogP contribution in [0.2, 0.25) is 0 Å².